The summed E-state index contributed by atoms with van der Waals surface area (Å²) < 4.78 is 5.71. The molecular formula is C24H34N2O2. The summed E-state index contributed by atoms with van der Waals surface area (Å²) in [6.07, 6.45) is 0.690. The number of likely N-dealkylation sites (N-methyl/N-ethyl adjacent to an activating group) is 1. The van der Waals surface area contributed by atoms with Gasteiger partial charge in [-0.05, 0) is 58.8 Å². The van der Waals surface area contributed by atoms with Crippen LogP contribution in [-0.4, -0.2) is 36.1 Å². The number of nitrogens with one attached hydrogen (secondary N) is 1. The van der Waals surface area contributed by atoms with Gasteiger partial charge < -0.3 is 10.1 Å². The Hall–Kier alpha value is -2.17. The summed E-state index contributed by atoms with van der Waals surface area (Å²) in [5, 5.41) is 3.45. The van der Waals surface area contributed by atoms with Gasteiger partial charge >= 0.3 is 5.97 Å². The molecule has 0 radical (unpaired) electrons. The third-order valence-electron chi connectivity index (χ3n) is 4.83. The van der Waals surface area contributed by atoms with Crippen molar-refractivity contribution in [1.82, 2.24) is 10.2 Å². The number of ether oxygens (including phenoxy) is 1. The van der Waals surface area contributed by atoms with Crippen molar-refractivity contribution < 1.29 is 9.53 Å². The fourth-order valence-corrected chi connectivity index (χ4v) is 3.16. The average Bonchev–Trinajstić information content (AvgIpc) is 2.67. The van der Waals surface area contributed by atoms with Crippen LogP contribution in [0.25, 0.3) is 0 Å². The van der Waals surface area contributed by atoms with E-state index >= 15 is 0 Å². The van der Waals surface area contributed by atoms with Gasteiger partial charge in [-0.3, -0.25) is 9.69 Å². The Kier molecular flexibility index (Phi) is 8.21. The van der Waals surface area contributed by atoms with Crippen LogP contribution in [-0.2, 0) is 16.1 Å². The van der Waals surface area contributed by atoms with E-state index in [4.69, 9.17) is 4.74 Å². The Bertz CT molecular complexity index is 710. The molecule has 2 aromatic rings. The van der Waals surface area contributed by atoms with Gasteiger partial charge in [0, 0.05) is 12.6 Å². The lowest BCUT2D eigenvalue weighted by molar-refractivity contribution is -0.162. The monoisotopic (exact) mass is 382 g/mol. The van der Waals surface area contributed by atoms with Gasteiger partial charge in [-0.1, -0.05) is 60.7 Å². The molecule has 0 aliphatic rings. The van der Waals surface area contributed by atoms with Gasteiger partial charge in [0.15, 0.2) is 0 Å². The van der Waals surface area contributed by atoms with Crippen molar-refractivity contribution in [1.29, 1.82) is 0 Å². The fraction of sp³-hybridized carbons (Fsp3) is 0.458. The van der Waals surface area contributed by atoms with Gasteiger partial charge in [-0.2, -0.15) is 0 Å². The summed E-state index contributed by atoms with van der Waals surface area (Å²) in [7, 11) is 2.00. The average molecular weight is 383 g/mol. The normalized spacial score (nSPS) is 13.9. The number of rotatable bonds is 9. The van der Waals surface area contributed by atoms with Crippen LogP contribution in [0.4, 0.5) is 0 Å². The number of esters is 1. The molecule has 0 unspecified atom stereocenters. The zero-order valence-corrected chi connectivity index (χ0v) is 17.8. The molecule has 28 heavy (non-hydrogen) atoms. The van der Waals surface area contributed by atoms with Crippen molar-refractivity contribution in [3.8, 4) is 0 Å². The molecule has 0 saturated carbocycles. The largest absolute Gasteiger partial charge is 0.459 e. The zero-order valence-electron chi connectivity index (χ0n) is 17.8. The molecule has 0 aliphatic carbocycles. The van der Waals surface area contributed by atoms with Gasteiger partial charge in [-0.25, -0.2) is 0 Å². The third-order valence-corrected chi connectivity index (χ3v) is 4.83. The molecule has 0 spiro atoms. The topological polar surface area (TPSA) is 41.6 Å². The first kappa shape index (κ1) is 22.1. The van der Waals surface area contributed by atoms with E-state index < -0.39 is 5.60 Å². The van der Waals surface area contributed by atoms with Crippen LogP contribution >= 0.6 is 0 Å². The Labute approximate surface area is 169 Å². The van der Waals surface area contributed by atoms with Crippen LogP contribution in [0.5, 0.6) is 0 Å². The van der Waals surface area contributed by atoms with Crippen LogP contribution in [0.1, 0.15) is 51.3 Å². The summed E-state index contributed by atoms with van der Waals surface area (Å²) in [6, 6.07) is 20.4. The molecule has 0 fully saturated rings. The number of nitrogens with zero attached hydrogens (tertiary/aromatic N) is 1. The molecule has 152 valence electrons. The van der Waals surface area contributed by atoms with Crippen molar-refractivity contribution in [2.45, 2.75) is 58.3 Å². The van der Waals surface area contributed by atoms with Gasteiger partial charge in [0.1, 0.15) is 11.6 Å². The maximum atomic E-state index is 12.9. The van der Waals surface area contributed by atoms with E-state index in [2.05, 4.69) is 41.4 Å². The van der Waals surface area contributed by atoms with E-state index in [1.165, 1.54) is 11.1 Å². The van der Waals surface area contributed by atoms with Crippen molar-refractivity contribution >= 4 is 5.97 Å². The predicted octanol–water partition coefficient (Wildman–Crippen LogP) is 4.57. The first-order valence-electron chi connectivity index (χ1n) is 10.0. The highest BCUT2D eigenvalue weighted by Gasteiger charge is 2.30. The fourth-order valence-electron chi connectivity index (χ4n) is 3.16. The SMILES string of the molecule is C[C@@H](c1ccccc1)N(C)[C@@H](CCNCc1ccccc1)C(=O)OC(C)(C)C. The minimum atomic E-state index is -0.496. The van der Waals surface area contributed by atoms with Gasteiger partial charge in [0.05, 0.1) is 0 Å². The number of hydrogen-bond donors (Lipinski definition) is 1. The smallest absolute Gasteiger partial charge is 0.323 e. The summed E-state index contributed by atoms with van der Waals surface area (Å²) in [4.78, 5) is 15.0. The van der Waals surface area contributed by atoms with Crippen LogP contribution in [0.15, 0.2) is 60.7 Å². The maximum Gasteiger partial charge on any atom is 0.323 e. The molecule has 0 saturated heterocycles. The number of benzene rings is 2. The Morgan fingerprint density at radius 2 is 1.61 bits per heavy atom. The van der Waals surface area contributed by atoms with Crippen molar-refractivity contribution in [2.75, 3.05) is 13.6 Å². The summed E-state index contributed by atoms with van der Waals surface area (Å²) in [5.74, 6) is -0.167. The molecular weight excluding hydrogens is 348 g/mol. The van der Waals surface area contributed by atoms with Crippen molar-refractivity contribution in [3.05, 3.63) is 71.8 Å². The lowest BCUT2D eigenvalue weighted by Crippen LogP contribution is -2.45. The summed E-state index contributed by atoms with van der Waals surface area (Å²) in [5.41, 5.74) is 1.93. The first-order valence-corrected chi connectivity index (χ1v) is 10.0. The second-order valence-electron chi connectivity index (χ2n) is 8.25. The summed E-state index contributed by atoms with van der Waals surface area (Å²) >= 11 is 0. The highest BCUT2D eigenvalue weighted by atomic mass is 16.6. The van der Waals surface area contributed by atoms with Crippen molar-refractivity contribution in [3.63, 3.8) is 0 Å². The number of hydrogen-bond acceptors (Lipinski definition) is 4. The Morgan fingerprint density at radius 3 is 2.18 bits per heavy atom. The third kappa shape index (κ3) is 7.10. The summed E-state index contributed by atoms with van der Waals surface area (Å²) in [6.45, 7) is 9.40. The van der Waals surface area contributed by atoms with Crippen LogP contribution in [0.3, 0.4) is 0 Å². The molecule has 4 nitrogen and oxygen atoms in total. The lowest BCUT2D eigenvalue weighted by Gasteiger charge is -2.34. The first-order chi connectivity index (χ1) is 13.3. The molecule has 1 N–H and O–H groups in total. The maximum absolute atomic E-state index is 12.9. The van der Waals surface area contributed by atoms with Crippen LogP contribution < -0.4 is 5.32 Å². The molecule has 0 amide bonds. The van der Waals surface area contributed by atoms with Gasteiger partial charge in [0.2, 0.25) is 0 Å². The second kappa shape index (κ2) is 10.4. The highest BCUT2D eigenvalue weighted by Crippen LogP contribution is 2.23. The van der Waals surface area contributed by atoms with Crippen molar-refractivity contribution in [2.24, 2.45) is 0 Å². The van der Waals surface area contributed by atoms with E-state index in [-0.39, 0.29) is 18.1 Å². The zero-order chi connectivity index (χ0) is 20.6. The number of carbonyl (C=O) groups excluding carboxylic acids is 1. The Morgan fingerprint density at radius 1 is 1.04 bits per heavy atom. The molecule has 2 aromatic carbocycles. The molecule has 4 heteroatoms. The minimum Gasteiger partial charge on any atom is -0.459 e. The Balaban J connectivity index is 2.02. The standard InChI is InChI=1S/C24H34N2O2/c1-19(21-14-10-7-11-15-21)26(5)22(23(27)28-24(2,3)4)16-17-25-18-20-12-8-6-9-13-20/h6-15,19,22,25H,16-18H2,1-5H3/t19-,22-/m0/s1. The molecule has 2 rings (SSSR count). The molecule has 0 bridgehead atoms. The van der Waals surface area contributed by atoms with E-state index in [1.807, 2.05) is 64.2 Å². The van der Waals surface area contributed by atoms with E-state index in [1.54, 1.807) is 0 Å². The van der Waals surface area contributed by atoms with E-state index in [9.17, 15) is 4.79 Å². The van der Waals surface area contributed by atoms with Gasteiger partial charge in [0.25, 0.3) is 0 Å². The quantitative estimate of drug-likeness (QED) is 0.509. The lowest BCUT2D eigenvalue weighted by atomic mass is 10.0. The molecule has 0 aliphatic heterocycles. The van der Waals surface area contributed by atoms with E-state index in [0.29, 0.717) is 6.42 Å². The number of carbonyl (C=O) groups is 1. The second-order valence-corrected chi connectivity index (χ2v) is 8.25. The predicted molar refractivity (Wildman–Crippen MR) is 115 cm³/mol. The molecule has 0 aromatic heterocycles. The van der Waals surface area contributed by atoms with Crippen LogP contribution in [0.2, 0.25) is 0 Å². The van der Waals surface area contributed by atoms with Crippen LogP contribution in [0, 0.1) is 0 Å². The highest BCUT2D eigenvalue weighted by molar-refractivity contribution is 5.76. The molecule has 0 heterocycles. The molecule has 2 atom stereocenters. The van der Waals surface area contributed by atoms with E-state index in [0.717, 1.165) is 13.1 Å². The van der Waals surface area contributed by atoms with Gasteiger partial charge in [-0.15, -0.1) is 0 Å². The minimum absolute atomic E-state index is 0.118.